The smallest absolute Gasteiger partial charge is 0.332 e. The normalized spacial score (nSPS) is 28.1. The Bertz CT molecular complexity index is 5820. The fraction of sp³-hybridized carbons (Fsp3) is 0.388. The number of hydrogen-bond acceptors (Lipinski definition) is 20. The van der Waals surface area contributed by atoms with Crippen LogP contribution in [0.2, 0.25) is 10.0 Å². The van der Waals surface area contributed by atoms with Crippen LogP contribution >= 0.6 is 23.2 Å². The van der Waals surface area contributed by atoms with Crippen molar-refractivity contribution < 1.29 is 99.8 Å². The van der Waals surface area contributed by atoms with E-state index >= 15 is 0 Å². The second kappa shape index (κ2) is 33.6. The Balaban J connectivity index is 0.000000121. The Morgan fingerprint density at radius 2 is 0.690 bits per heavy atom. The maximum absolute atomic E-state index is 13.9. The quantitative estimate of drug-likeness (QED) is 0.0555. The van der Waals surface area contributed by atoms with Gasteiger partial charge in [-0.25, -0.2) is 43.2 Å². The third-order valence-electron chi connectivity index (χ3n) is 27.7. The van der Waals surface area contributed by atoms with Crippen LogP contribution in [0.5, 0.6) is 23.0 Å². The number of carbonyl (C=O) groups is 12. The molecule has 0 bridgehead atoms. The van der Waals surface area contributed by atoms with E-state index in [9.17, 15) is 61.9 Å². The van der Waals surface area contributed by atoms with Crippen molar-refractivity contribution in [3.8, 4) is 23.0 Å². The highest BCUT2D eigenvalue weighted by atomic mass is 35.5. The average Bonchev–Trinajstić information content (AvgIpc) is 1.54. The van der Waals surface area contributed by atoms with Gasteiger partial charge in [0.05, 0.1) is 123 Å². The number of aryl methyl sites for hydroxylation is 4. The Hall–Kier alpha value is -12.9. The Kier molecular flexibility index (Phi) is 23.0. The molecular weight excluding hydrogens is 1700 g/mol. The zero-order chi connectivity index (χ0) is 91.7. The molecule has 8 fully saturated rings. The van der Waals surface area contributed by atoms with Gasteiger partial charge in [-0.05, 0) is 196 Å². The number of fused-ring (bicyclic) bond motifs is 20. The molecule has 12 aliphatic heterocycles. The second-order valence-corrected chi connectivity index (χ2v) is 35.5. The lowest BCUT2D eigenvalue weighted by Gasteiger charge is -2.34. The summed E-state index contributed by atoms with van der Waals surface area (Å²) in [5.41, 5.74) is 3.09. The number of esters is 4. The van der Waals surface area contributed by atoms with E-state index in [1.807, 2.05) is 111 Å². The first-order chi connectivity index (χ1) is 61.8. The highest BCUT2D eigenvalue weighted by Gasteiger charge is 2.77. The first-order valence-electron chi connectivity index (χ1n) is 43.5. The van der Waals surface area contributed by atoms with E-state index in [1.54, 1.807) is 125 Å². The number of rotatable bonds is 14. The molecule has 28 nitrogen and oxygen atoms in total. The van der Waals surface area contributed by atoms with Crippen molar-refractivity contribution in [2.45, 2.75) is 142 Å². The number of halogens is 3. The van der Waals surface area contributed by atoms with Crippen LogP contribution < -0.4 is 38.5 Å². The lowest BCUT2D eigenvalue weighted by atomic mass is 9.77. The molecule has 12 aliphatic rings. The van der Waals surface area contributed by atoms with Gasteiger partial charge in [0.2, 0.25) is 0 Å². The number of imide groups is 4. The van der Waals surface area contributed by atoms with E-state index < -0.39 is 159 Å². The SMILES string of the molecule is CCOC(=O)[C@@H]1[C@H]2COc3cc(CC)ccc3[C@@H]2N2C(=O)N(c3cccc(C)c3)C(=O)[C@@]12C.CCOC(=O)[C@@H]1[C@H]2COc3cc(CC)ccc3[C@@H]2N2C(=O)N(c3cccc(Cl)c3)C(=O)[C@@]12C.CCOC(=O)[C@@H]1[C@H]2COc3ccc(C)cc3[C@@H]2N2C(=O)N(c3cccc(F)c3)C(=O)[C@@]12C.CCOC(=O)[C@@H]1[C@H]2COc3ccccc3[C@@H]2N2C(=O)N(c3ccc(Cl)cc3)C(=O)[C@@]12C. The van der Waals surface area contributed by atoms with Gasteiger partial charge >= 0.3 is 48.0 Å². The zero-order valence-corrected chi connectivity index (χ0v) is 74.6. The van der Waals surface area contributed by atoms with Crippen molar-refractivity contribution in [2.75, 3.05) is 72.5 Å². The molecular formula is C98H97Cl2FN8O20. The van der Waals surface area contributed by atoms with Gasteiger partial charge in [-0.1, -0.05) is 121 Å². The molecule has 0 spiro atoms. The van der Waals surface area contributed by atoms with Crippen LogP contribution in [-0.2, 0) is 70.1 Å². The number of benzene rings is 8. The topological polar surface area (TPSA) is 305 Å². The number of amides is 12. The van der Waals surface area contributed by atoms with Crippen molar-refractivity contribution in [2.24, 2.45) is 47.3 Å². The average molecular weight is 1800 g/mol. The molecule has 31 heteroatoms. The van der Waals surface area contributed by atoms with Crippen LogP contribution in [0.25, 0.3) is 0 Å². The minimum absolute atomic E-state index is 0.131. The number of anilines is 4. The molecule has 8 aromatic rings. The molecule has 8 saturated heterocycles. The largest absolute Gasteiger partial charge is 0.493 e. The monoisotopic (exact) mass is 1790 g/mol. The molecule has 0 N–H and O–H groups in total. The van der Waals surface area contributed by atoms with Crippen molar-refractivity contribution in [3.63, 3.8) is 0 Å². The summed E-state index contributed by atoms with van der Waals surface area (Å²) in [7, 11) is 0. The van der Waals surface area contributed by atoms with E-state index in [0.29, 0.717) is 50.1 Å². The summed E-state index contributed by atoms with van der Waals surface area (Å²) in [5.74, 6) is -6.87. The number of hydrogen-bond donors (Lipinski definition) is 0. The highest BCUT2D eigenvalue weighted by Crippen LogP contribution is 2.64. The Labute approximate surface area is 754 Å². The van der Waals surface area contributed by atoms with E-state index in [4.69, 9.17) is 61.1 Å². The van der Waals surface area contributed by atoms with E-state index in [-0.39, 0.29) is 70.4 Å². The fourth-order valence-corrected chi connectivity index (χ4v) is 22.4. The molecule has 16 atom stereocenters. The number of carbonyl (C=O) groups excluding carboxylic acids is 12. The van der Waals surface area contributed by atoms with Crippen LogP contribution in [0, 0.1) is 67.0 Å². The summed E-state index contributed by atoms with van der Waals surface area (Å²) < 4.78 is 59.4. The third kappa shape index (κ3) is 13.6. The summed E-state index contributed by atoms with van der Waals surface area (Å²) in [6.45, 7) is 23.0. The second-order valence-electron chi connectivity index (χ2n) is 34.7. The molecule has 12 heterocycles. The van der Waals surface area contributed by atoms with Crippen molar-refractivity contribution in [1.29, 1.82) is 0 Å². The Morgan fingerprint density at radius 3 is 1.08 bits per heavy atom. The van der Waals surface area contributed by atoms with Crippen LogP contribution in [0.1, 0.15) is 138 Å². The molecule has 0 saturated carbocycles. The molecule has 670 valence electrons. The lowest BCUT2D eigenvalue weighted by Crippen LogP contribution is -2.51. The van der Waals surface area contributed by atoms with Gasteiger partial charge in [-0.2, -0.15) is 0 Å². The molecule has 20 rings (SSSR count). The predicted molar refractivity (Wildman–Crippen MR) is 470 cm³/mol. The number of ether oxygens (including phenoxy) is 8. The first-order valence-corrected chi connectivity index (χ1v) is 44.3. The summed E-state index contributed by atoms with van der Waals surface area (Å²) in [5, 5.41) is 0.908. The molecule has 0 aromatic heterocycles. The lowest BCUT2D eigenvalue weighted by molar-refractivity contribution is -0.155. The van der Waals surface area contributed by atoms with E-state index in [2.05, 4.69) is 13.8 Å². The van der Waals surface area contributed by atoms with Crippen molar-refractivity contribution in [3.05, 3.63) is 236 Å². The van der Waals surface area contributed by atoms with Gasteiger partial charge in [0.15, 0.2) is 0 Å². The predicted octanol–water partition coefficient (Wildman–Crippen LogP) is 15.8. The molecule has 8 aromatic carbocycles. The summed E-state index contributed by atoms with van der Waals surface area (Å²) in [6, 6.07) is 46.8. The first kappa shape index (κ1) is 88.2. The zero-order valence-electron chi connectivity index (χ0n) is 73.1. The van der Waals surface area contributed by atoms with E-state index in [1.165, 1.54) is 28.0 Å². The molecule has 12 amide bonds. The van der Waals surface area contributed by atoms with E-state index in [0.717, 1.165) is 78.1 Å². The maximum atomic E-state index is 13.9. The minimum Gasteiger partial charge on any atom is -0.493 e. The standard InChI is InChI=1S/C26H28N2O5.C25H25ClN2O5.C24H23FN2O5.C23H21ClN2O5/c1-5-16-10-11-18-20(13-16)33-14-19-21(23(29)32-6-2)26(4)24(30)27(25(31)28(26)22(18)19)17-9-7-8-15(3)12-17;1-4-14-9-10-17-19(11-14)33-13-18-20(22(29)32-5-2)25(3)23(30)27(24(31)28(25)21(17)18)16-8-6-7-15(26)12-16;1-4-31-21(28)19-17-12-32-18-9-8-13(2)10-16(18)20(17)27-23(30)26(22(29)24(19,27)3)15-7-5-6-14(25)11-15;1-3-30-20(27)18-16-12-31-17-7-5-4-6-15(17)19(16)26-22(29)25(21(28)23(18,26)2)14-10-8-13(24)9-11-14/h7-13,19,21-22H,5-6,14H2,1-4H3;6-12,18,20-21H,4-5,13H2,1-3H3;5-11,17,19-20H,4,12H2,1-3H3;4-11,16,18-19H,3,12H2,1-2H3/t19-,21+,22+,26-;18-,20+,21+,25-;17-,19+,20+,24-;16-,18+,19+,23-/m1111/s1. The fourth-order valence-electron chi connectivity index (χ4n) is 22.1. The Morgan fingerprint density at radius 1 is 0.349 bits per heavy atom. The number of para-hydroxylation sites is 1. The molecule has 0 unspecified atom stereocenters. The van der Waals surface area contributed by atoms with Gasteiger partial charge in [0.1, 0.15) is 51.0 Å². The van der Waals surface area contributed by atoms with Crippen LogP contribution in [0.15, 0.2) is 176 Å². The number of urea groups is 4. The molecule has 0 aliphatic carbocycles. The van der Waals surface area contributed by atoms with Crippen LogP contribution in [-0.4, -0.2) is 166 Å². The van der Waals surface area contributed by atoms with Gasteiger partial charge in [0.25, 0.3) is 23.6 Å². The molecule has 0 radical (unpaired) electrons. The summed E-state index contributed by atoms with van der Waals surface area (Å²) in [4.78, 5) is 174. The van der Waals surface area contributed by atoms with Gasteiger partial charge in [0, 0.05) is 56.0 Å². The molecule has 129 heavy (non-hydrogen) atoms. The summed E-state index contributed by atoms with van der Waals surface area (Å²) >= 11 is 12.1. The van der Waals surface area contributed by atoms with Gasteiger partial charge < -0.3 is 57.5 Å². The van der Waals surface area contributed by atoms with Crippen LogP contribution in [0.4, 0.5) is 46.3 Å². The maximum Gasteiger partial charge on any atom is 0.332 e. The van der Waals surface area contributed by atoms with Crippen LogP contribution in [0.3, 0.4) is 0 Å². The van der Waals surface area contributed by atoms with Gasteiger partial charge in [-0.15, -0.1) is 0 Å². The highest BCUT2D eigenvalue weighted by molar-refractivity contribution is 6.32. The minimum atomic E-state index is -1.49. The number of nitrogens with zero attached hydrogens (tertiary/aromatic N) is 8. The van der Waals surface area contributed by atoms with Crippen molar-refractivity contribution in [1.82, 2.24) is 19.6 Å². The summed E-state index contributed by atoms with van der Waals surface area (Å²) in [6.07, 6.45) is 1.70. The van der Waals surface area contributed by atoms with Gasteiger partial charge in [-0.3, -0.25) is 38.4 Å². The van der Waals surface area contributed by atoms with Crippen molar-refractivity contribution >= 4 is 118 Å². The third-order valence-corrected chi connectivity index (χ3v) is 28.2.